The maximum atomic E-state index is 13.8. The number of aryl methyl sites for hydroxylation is 1. The molecular weight excluding hydrogens is 456 g/mol. The summed E-state index contributed by atoms with van der Waals surface area (Å²) < 4.78 is 0. The summed E-state index contributed by atoms with van der Waals surface area (Å²) in [5.74, 6) is -0.283. The number of nitrogens with one attached hydrogen (secondary N) is 1. The first kappa shape index (κ1) is 22.0. The lowest BCUT2D eigenvalue weighted by Gasteiger charge is -2.47. The molecule has 2 aliphatic heterocycles. The van der Waals surface area contributed by atoms with Crippen molar-refractivity contribution in [2.45, 2.75) is 32.0 Å². The Labute approximate surface area is 207 Å². The molecule has 180 valence electrons. The Morgan fingerprint density at radius 2 is 1.81 bits per heavy atom. The standard InChI is InChI=1S/C28H24N4O4/c1-17-9-11-18(12-10-17)15-30-16-25(33)31-24(28(30)34)14-22-21-7-2-3-8-23(21)29-26(22)27(31)19-5-4-6-20(13-19)32(35)36/h2-13,24,27,29H,14-16H2,1H3/t24-,27-/m1/s1. The number of H-pyrrole nitrogens is 1. The summed E-state index contributed by atoms with van der Waals surface area (Å²) in [6, 6.07) is 20.8. The first-order chi connectivity index (χ1) is 17.4. The van der Waals surface area contributed by atoms with Crippen LogP contribution in [0.2, 0.25) is 0 Å². The number of rotatable bonds is 4. The predicted molar refractivity (Wildman–Crippen MR) is 134 cm³/mol. The van der Waals surface area contributed by atoms with Crippen LogP contribution in [0.25, 0.3) is 10.9 Å². The molecule has 6 rings (SSSR count). The Morgan fingerprint density at radius 3 is 2.58 bits per heavy atom. The third-order valence-corrected chi connectivity index (χ3v) is 7.23. The smallest absolute Gasteiger partial charge is 0.269 e. The summed E-state index contributed by atoms with van der Waals surface area (Å²) >= 11 is 0. The van der Waals surface area contributed by atoms with Crippen molar-refractivity contribution in [2.75, 3.05) is 6.54 Å². The summed E-state index contributed by atoms with van der Waals surface area (Å²) in [7, 11) is 0. The van der Waals surface area contributed by atoms with Crippen molar-refractivity contribution in [3.05, 3.63) is 111 Å². The maximum absolute atomic E-state index is 13.8. The molecule has 36 heavy (non-hydrogen) atoms. The first-order valence-electron chi connectivity index (χ1n) is 11.9. The number of aromatic nitrogens is 1. The fourth-order valence-electron chi connectivity index (χ4n) is 5.53. The van der Waals surface area contributed by atoms with E-state index in [-0.39, 0.29) is 24.0 Å². The Hall–Kier alpha value is -4.46. The number of aromatic amines is 1. The van der Waals surface area contributed by atoms with Gasteiger partial charge in [-0.2, -0.15) is 0 Å². The number of carbonyl (C=O) groups excluding carboxylic acids is 2. The van der Waals surface area contributed by atoms with Gasteiger partial charge in [-0.1, -0.05) is 60.2 Å². The van der Waals surface area contributed by atoms with E-state index in [0.29, 0.717) is 18.5 Å². The number of amides is 2. The monoisotopic (exact) mass is 480 g/mol. The van der Waals surface area contributed by atoms with Crippen LogP contribution < -0.4 is 0 Å². The Kier molecular flexibility index (Phi) is 5.10. The molecule has 2 aliphatic rings. The minimum atomic E-state index is -0.687. The summed E-state index contributed by atoms with van der Waals surface area (Å²) in [6.45, 7) is 2.33. The molecule has 1 saturated heterocycles. The van der Waals surface area contributed by atoms with E-state index in [2.05, 4.69) is 4.98 Å². The largest absolute Gasteiger partial charge is 0.356 e. The van der Waals surface area contributed by atoms with Crippen LogP contribution in [0.5, 0.6) is 0 Å². The molecule has 0 radical (unpaired) electrons. The van der Waals surface area contributed by atoms with E-state index < -0.39 is 17.0 Å². The Balaban J connectivity index is 1.46. The number of carbonyl (C=O) groups is 2. The second-order valence-electron chi connectivity index (χ2n) is 9.52. The number of nitro benzene ring substituents is 1. The van der Waals surface area contributed by atoms with Gasteiger partial charge in [-0.3, -0.25) is 19.7 Å². The molecule has 8 nitrogen and oxygen atoms in total. The maximum Gasteiger partial charge on any atom is 0.269 e. The van der Waals surface area contributed by atoms with E-state index in [9.17, 15) is 19.7 Å². The number of benzene rings is 3. The quantitative estimate of drug-likeness (QED) is 0.348. The molecule has 0 bridgehead atoms. The molecule has 3 aromatic carbocycles. The minimum absolute atomic E-state index is 0.0375. The molecule has 1 fully saturated rings. The van der Waals surface area contributed by atoms with E-state index in [0.717, 1.165) is 33.3 Å². The van der Waals surface area contributed by atoms with Gasteiger partial charge in [0.2, 0.25) is 11.8 Å². The molecule has 1 N–H and O–H groups in total. The van der Waals surface area contributed by atoms with Crippen LogP contribution >= 0.6 is 0 Å². The number of hydrogen-bond acceptors (Lipinski definition) is 4. The normalized spacial score (nSPS) is 19.4. The average Bonchev–Trinajstić information content (AvgIpc) is 3.25. The van der Waals surface area contributed by atoms with Crippen molar-refractivity contribution in [1.29, 1.82) is 0 Å². The summed E-state index contributed by atoms with van der Waals surface area (Å²) in [5, 5.41) is 12.5. The zero-order valence-electron chi connectivity index (χ0n) is 19.7. The molecule has 4 aromatic rings. The van der Waals surface area contributed by atoms with Gasteiger partial charge in [0.05, 0.1) is 11.0 Å². The fraction of sp³-hybridized carbons (Fsp3) is 0.214. The minimum Gasteiger partial charge on any atom is -0.356 e. The molecule has 0 aliphatic carbocycles. The van der Waals surface area contributed by atoms with Crippen LogP contribution in [0.15, 0.2) is 72.8 Å². The van der Waals surface area contributed by atoms with Crippen LogP contribution in [0, 0.1) is 17.0 Å². The van der Waals surface area contributed by atoms with E-state index in [1.807, 2.05) is 55.5 Å². The van der Waals surface area contributed by atoms with Gasteiger partial charge >= 0.3 is 0 Å². The van der Waals surface area contributed by atoms with Gasteiger partial charge < -0.3 is 14.8 Å². The molecule has 8 heteroatoms. The molecule has 1 aromatic heterocycles. The van der Waals surface area contributed by atoms with Gasteiger partial charge in [0.1, 0.15) is 12.6 Å². The molecule has 0 unspecified atom stereocenters. The van der Waals surface area contributed by atoms with Crippen LogP contribution in [0.4, 0.5) is 5.69 Å². The Morgan fingerprint density at radius 1 is 1.03 bits per heavy atom. The second-order valence-corrected chi connectivity index (χ2v) is 9.52. The zero-order chi connectivity index (χ0) is 25.0. The summed E-state index contributed by atoms with van der Waals surface area (Å²) in [5.41, 5.74) is 5.34. The molecule has 2 atom stereocenters. The molecular formula is C28H24N4O4. The molecule has 0 saturated carbocycles. The number of fused-ring (bicyclic) bond motifs is 4. The van der Waals surface area contributed by atoms with Crippen molar-refractivity contribution < 1.29 is 14.5 Å². The van der Waals surface area contributed by atoms with Gasteiger partial charge in [0.25, 0.3) is 5.69 Å². The molecule has 2 amide bonds. The van der Waals surface area contributed by atoms with E-state index in [1.54, 1.807) is 21.9 Å². The fourth-order valence-corrected chi connectivity index (χ4v) is 5.53. The number of hydrogen-bond donors (Lipinski definition) is 1. The highest BCUT2D eigenvalue weighted by atomic mass is 16.6. The van der Waals surface area contributed by atoms with Crippen LogP contribution in [0.3, 0.4) is 0 Å². The van der Waals surface area contributed by atoms with Crippen LogP contribution in [-0.4, -0.2) is 44.1 Å². The number of para-hydroxylation sites is 1. The van der Waals surface area contributed by atoms with E-state index in [4.69, 9.17) is 0 Å². The number of nitro groups is 1. The van der Waals surface area contributed by atoms with Gasteiger partial charge in [-0.05, 0) is 29.7 Å². The van der Waals surface area contributed by atoms with Gasteiger partial charge in [0, 0.05) is 41.7 Å². The van der Waals surface area contributed by atoms with Gasteiger partial charge in [0.15, 0.2) is 0 Å². The lowest BCUT2D eigenvalue weighted by molar-refractivity contribution is -0.384. The predicted octanol–water partition coefficient (Wildman–Crippen LogP) is 4.27. The van der Waals surface area contributed by atoms with E-state index >= 15 is 0 Å². The van der Waals surface area contributed by atoms with Crippen molar-refractivity contribution in [3.8, 4) is 0 Å². The van der Waals surface area contributed by atoms with E-state index in [1.165, 1.54) is 12.1 Å². The third kappa shape index (κ3) is 3.53. The summed E-state index contributed by atoms with van der Waals surface area (Å²) in [6.07, 6.45) is 0.389. The van der Waals surface area contributed by atoms with Crippen LogP contribution in [-0.2, 0) is 22.6 Å². The van der Waals surface area contributed by atoms with Crippen LogP contribution in [0.1, 0.15) is 34.0 Å². The highest BCUT2D eigenvalue weighted by molar-refractivity contribution is 5.97. The lowest BCUT2D eigenvalue weighted by atomic mass is 9.86. The van der Waals surface area contributed by atoms with Crippen molar-refractivity contribution in [1.82, 2.24) is 14.8 Å². The molecule has 3 heterocycles. The summed E-state index contributed by atoms with van der Waals surface area (Å²) in [4.78, 5) is 45.2. The number of non-ortho nitro benzene ring substituents is 1. The lowest BCUT2D eigenvalue weighted by Crippen LogP contribution is -2.62. The van der Waals surface area contributed by atoms with Gasteiger partial charge in [-0.15, -0.1) is 0 Å². The average molecular weight is 481 g/mol. The third-order valence-electron chi connectivity index (χ3n) is 7.23. The number of piperazine rings is 1. The van der Waals surface area contributed by atoms with Crippen molar-refractivity contribution in [2.24, 2.45) is 0 Å². The highest BCUT2D eigenvalue weighted by Crippen LogP contribution is 2.43. The van der Waals surface area contributed by atoms with Gasteiger partial charge in [-0.25, -0.2) is 0 Å². The zero-order valence-corrected chi connectivity index (χ0v) is 19.7. The van der Waals surface area contributed by atoms with Crippen molar-refractivity contribution >= 4 is 28.4 Å². The number of nitrogens with zero attached hydrogens (tertiary/aromatic N) is 3. The molecule has 0 spiro atoms. The topological polar surface area (TPSA) is 99.5 Å². The first-order valence-corrected chi connectivity index (χ1v) is 11.9. The SMILES string of the molecule is Cc1ccc(CN2CC(=O)N3[C@H](c4cccc([N+](=O)[O-])c4)c4[nH]c5ccccc5c4C[C@@H]3C2=O)cc1. The Bertz CT molecular complexity index is 1520. The highest BCUT2D eigenvalue weighted by Gasteiger charge is 2.48. The second kappa shape index (κ2) is 8.34. The van der Waals surface area contributed by atoms with Crippen molar-refractivity contribution in [3.63, 3.8) is 0 Å².